The van der Waals surface area contributed by atoms with Crippen LogP contribution in [-0.2, 0) is 11.3 Å². The molecule has 1 aliphatic heterocycles. The van der Waals surface area contributed by atoms with Crippen molar-refractivity contribution in [3.05, 3.63) is 28.8 Å². The Morgan fingerprint density at radius 2 is 2.15 bits per heavy atom. The van der Waals surface area contributed by atoms with Gasteiger partial charge in [0.1, 0.15) is 0 Å². The molecule has 0 unspecified atom stereocenters. The molecule has 1 aromatic rings. The molecular formula is C15H22ClN3O. The summed E-state index contributed by atoms with van der Waals surface area (Å²) >= 11 is 6.33. The molecule has 1 amide bonds. The molecule has 1 fully saturated rings. The molecule has 1 saturated heterocycles. The third-order valence-corrected chi connectivity index (χ3v) is 3.97. The van der Waals surface area contributed by atoms with Crippen LogP contribution in [0.1, 0.15) is 18.9 Å². The quantitative estimate of drug-likeness (QED) is 0.845. The molecule has 20 heavy (non-hydrogen) atoms. The summed E-state index contributed by atoms with van der Waals surface area (Å²) in [5.74, 6) is 0.156. The van der Waals surface area contributed by atoms with Crippen LogP contribution in [0.3, 0.4) is 0 Å². The van der Waals surface area contributed by atoms with Gasteiger partial charge in [-0.05, 0) is 25.1 Å². The minimum Gasteiger partial charge on any atom is -0.360 e. The van der Waals surface area contributed by atoms with Gasteiger partial charge in [-0.15, -0.1) is 0 Å². The molecule has 0 spiro atoms. The van der Waals surface area contributed by atoms with Crippen LogP contribution >= 0.6 is 11.6 Å². The molecule has 4 nitrogen and oxygen atoms in total. The molecule has 1 heterocycles. The van der Waals surface area contributed by atoms with Gasteiger partial charge < -0.3 is 15.1 Å². The fourth-order valence-electron chi connectivity index (χ4n) is 2.37. The van der Waals surface area contributed by atoms with Gasteiger partial charge >= 0.3 is 0 Å². The summed E-state index contributed by atoms with van der Waals surface area (Å²) in [6.45, 7) is 5.88. The normalized spacial score (nSPS) is 15.8. The molecule has 110 valence electrons. The van der Waals surface area contributed by atoms with Crippen molar-refractivity contribution in [3.63, 3.8) is 0 Å². The van der Waals surface area contributed by atoms with Crippen molar-refractivity contribution >= 4 is 23.2 Å². The highest BCUT2D eigenvalue weighted by Crippen LogP contribution is 2.28. The van der Waals surface area contributed by atoms with Crippen molar-refractivity contribution in [2.75, 3.05) is 38.1 Å². The van der Waals surface area contributed by atoms with E-state index in [4.69, 9.17) is 11.6 Å². The second-order valence-corrected chi connectivity index (χ2v) is 5.56. The number of benzene rings is 1. The summed E-state index contributed by atoms with van der Waals surface area (Å²) in [5, 5.41) is 4.15. The number of hydrogen-bond donors (Lipinski definition) is 1. The van der Waals surface area contributed by atoms with Crippen molar-refractivity contribution in [3.8, 4) is 0 Å². The fraction of sp³-hybridized carbons (Fsp3) is 0.533. The van der Waals surface area contributed by atoms with Crippen molar-refractivity contribution in [1.82, 2.24) is 10.2 Å². The molecule has 1 aliphatic rings. The number of nitrogens with zero attached hydrogens (tertiary/aromatic N) is 2. The largest absolute Gasteiger partial charge is 0.360 e. The van der Waals surface area contributed by atoms with E-state index in [-0.39, 0.29) is 5.91 Å². The average molecular weight is 296 g/mol. The van der Waals surface area contributed by atoms with E-state index in [0.29, 0.717) is 6.54 Å². The standard InChI is InChI=1S/C15H22ClN3O/c1-3-7-17-10-12-13(16)5-4-6-14(12)19-9-8-18(2)15(20)11-19/h4-6,17H,3,7-11H2,1-2H3. The van der Waals surface area contributed by atoms with Crippen LogP contribution in [0.2, 0.25) is 5.02 Å². The van der Waals surface area contributed by atoms with Gasteiger partial charge in [-0.2, -0.15) is 0 Å². The van der Waals surface area contributed by atoms with E-state index in [1.54, 1.807) is 4.90 Å². The number of carbonyl (C=O) groups excluding carboxylic acids is 1. The first-order chi connectivity index (χ1) is 9.63. The van der Waals surface area contributed by atoms with Crippen molar-refractivity contribution in [2.45, 2.75) is 19.9 Å². The van der Waals surface area contributed by atoms with E-state index in [9.17, 15) is 4.79 Å². The lowest BCUT2D eigenvalue weighted by molar-refractivity contribution is -0.129. The lowest BCUT2D eigenvalue weighted by Gasteiger charge is -2.34. The maximum Gasteiger partial charge on any atom is 0.241 e. The second kappa shape index (κ2) is 6.95. The number of hydrogen-bond acceptors (Lipinski definition) is 3. The Morgan fingerprint density at radius 3 is 2.85 bits per heavy atom. The Kier molecular flexibility index (Phi) is 5.26. The number of likely N-dealkylation sites (N-methyl/N-ethyl adjacent to an activating group) is 1. The molecule has 0 bridgehead atoms. The molecule has 1 aromatic carbocycles. The predicted octanol–water partition coefficient (Wildman–Crippen LogP) is 2.12. The summed E-state index contributed by atoms with van der Waals surface area (Å²) in [7, 11) is 1.85. The molecule has 0 atom stereocenters. The van der Waals surface area contributed by atoms with E-state index in [1.165, 1.54) is 0 Å². The van der Waals surface area contributed by atoms with Crippen LogP contribution in [-0.4, -0.2) is 44.0 Å². The first-order valence-electron chi connectivity index (χ1n) is 7.10. The van der Waals surface area contributed by atoms with Crippen molar-refractivity contribution in [1.29, 1.82) is 0 Å². The van der Waals surface area contributed by atoms with Gasteiger partial charge in [0, 0.05) is 43.0 Å². The van der Waals surface area contributed by atoms with E-state index in [1.807, 2.05) is 25.2 Å². The third kappa shape index (κ3) is 3.44. The number of carbonyl (C=O) groups is 1. The van der Waals surface area contributed by atoms with Crippen molar-refractivity contribution < 1.29 is 4.79 Å². The minimum atomic E-state index is 0.156. The Morgan fingerprint density at radius 1 is 1.35 bits per heavy atom. The fourth-order valence-corrected chi connectivity index (χ4v) is 2.61. The first kappa shape index (κ1) is 15.1. The highest BCUT2D eigenvalue weighted by molar-refractivity contribution is 6.31. The van der Waals surface area contributed by atoms with Crippen molar-refractivity contribution in [2.24, 2.45) is 0 Å². The molecule has 0 aromatic heterocycles. The molecule has 2 rings (SSSR count). The van der Waals surface area contributed by atoms with Gasteiger partial charge in [0.2, 0.25) is 5.91 Å². The smallest absolute Gasteiger partial charge is 0.241 e. The van der Waals surface area contributed by atoms with E-state index in [2.05, 4.69) is 17.1 Å². The molecule has 5 heteroatoms. The van der Waals surface area contributed by atoms with E-state index in [0.717, 1.165) is 48.9 Å². The monoisotopic (exact) mass is 295 g/mol. The predicted molar refractivity (Wildman–Crippen MR) is 83.3 cm³/mol. The third-order valence-electron chi connectivity index (χ3n) is 3.62. The van der Waals surface area contributed by atoms with Crippen LogP contribution in [0.25, 0.3) is 0 Å². The van der Waals surface area contributed by atoms with Crippen LogP contribution < -0.4 is 10.2 Å². The Hall–Kier alpha value is -1.26. The Bertz CT molecular complexity index is 478. The van der Waals surface area contributed by atoms with Crippen LogP contribution in [0.15, 0.2) is 18.2 Å². The zero-order valence-corrected chi connectivity index (χ0v) is 12.9. The summed E-state index contributed by atoms with van der Waals surface area (Å²) in [6.07, 6.45) is 1.09. The van der Waals surface area contributed by atoms with Gasteiger partial charge in [0.15, 0.2) is 0 Å². The SMILES string of the molecule is CCCNCc1c(Cl)cccc1N1CCN(C)C(=O)C1. The van der Waals surface area contributed by atoms with E-state index >= 15 is 0 Å². The van der Waals surface area contributed by atoms with Gasteiger partial charge in [0.25, 0.3) is 0 Å². The topological polar surface area (TPSA) is 35.6 Å². The number of halogens is 1. The minimum absolute atomic E-state index is 0.156. The Balaban J connectivity index is 2.18. The first-order valence-corrected chi connectivity index (χ1v) is 7.48. The van der Waals surface area contributed by atoms with Crippen LogP contribution in [0, 0.1) is 0 Å². The number of rotatable bonds is 5. The number of piperazine rings is 1. The average Bonchev–Trinajstić information content (AvgIpc) is 2.44. The van der Waals surface area contributed by atoms with E-state index < -0.39 is 0 Å². The molecule has 0 radical (unpaired) electrons. The second-order valence-electron chi connectivity index (χ2n) is 5.15. The van der Waals surface area contributed by atoms with Gasteiger partial charge in [-0.25, -0.2) is 0 Å². The number of anilines is 1. The van der Waals surface area contributed by atoms with Gasteiger partial charge in [-0.1, -0.05) is 24.6 Å². The highest BCUT2D eigenvalue weighted by atomic mass is 35.5. The summed E-state index contributed by atoms with van der Waals surface area (Å²) in [6, 6.07) is 5.91. The molecule has 0 aliphatic carbocycles. The lowest BCUT2D eigenvalue weighted by atomic mass is 10.1. The summed E-state index contributed by atoms with van der Waals surface area (Å²) in [4.78, 5) is 15.8. The summed E-state index contributed by atoms with van der Waals surface area (Å²) < 4.78 is 0. The molecule has 1 N–H and O–H groups in total. The van der Waals surface area contributed by atoms with Gasteiger partial charge in [0.05, 0.1) is 6.54 Å². The maximum absolute atomic E-state index is 11.9. The number of amides is 1. The lowest BCUT2D eigenvalue weighted by Crippen LogP contribution is -2.48. The zero-order valence-electron chi connectivity index (χ0n) is 12.2. The molecule has 0 saturated carbocycles. The van der Waals surface area contributed by atoms with Crippen LogP contribution in [0.4, 0.5) is 5.69 Å². The molecular weight excluding hydrogens is 274 g/mol. The van der Waals surface area contributed by atoms with Gasteiger partial charge in [-0.3, -0.25) is 4.79 Å². The Labute approximate surface area is 125 Å². The number of nitrogens with one attached hydrogen (secondary N) is 1. The van der Waals surface area contributed by atoms with Crippen LogP contribution in [0.5, 0.6) is 0 Å². The summed E-state index contributed by atoms with van der Waals surface area (Å²) in [5.41, 5.74) is 2.16. The zero-order chi connectivity index (χ0) is 14.5. The maximum atomic E-state index is 11.9. The highest BCUT2D eigenvalue weighted by Gasteiger charge is 2.23.